The monoisotopic (exact) mass is 272 g/mol. The minimum Gasteiger partial charge on any atom is -0.287 e. The summed E-state index contributed by atoms with van der Waals surface area (Å²) in [7, 11) is 0. The van der Waals surface area contributed by atoms with Crippen LogP contribution >= 0.6 is 22.7 Å². The van der Waals surface area contributed by atoms with Gasteiger partial charge in [-0.15, -0.1) is 22.7 Å². The molecule has 1 aliphatic rings. The maximum Gasteiger partial charge on any atom is 0.153 e. The predicted molar refractivity (Wildman–Crippen MR) is 73.2 cm³/mol. The van der Waals surface area contributed by atoms with Crippen LogP contribution in [0, 0.1) is 5.51 Å². The van der Waals surface area contributed by atoms with Gasteiger partial charge in [0.15, 0.2) is 5.51 Å². The Kier molecular flexibility index (Phi) is 3.29. The van der Waals surface area contributed by atoms with Crippen LogP contribution in [0.25, 0.3) is 16.3 Å². The molecule has 0 atom stereocenters. The van der Waals surface area contributed by atoms with E-state index in [4.69, 9.17) is 0 Å². The van der Waals surface area contributed by atoms with Crippen molar-refractivity contribution in [2.45, 2.75) is 6.54 Å². The molecule has 0 saturated carbocycles. The van der Waals surface area contributed by atoms with Gasteiger partial charge in [0.1, 0.15) is 0 Å². The molecule has 88 valence electrons. The lowest BCUT2D eigenvalue weighted by Crippen LogP contribution is -2.01. The van der Waals surface area contributed by atoms with Crippen molar-refractivity contribution in [3.63, 3.8) is 0 Å². The molecule has 0 amide bonds. The number of thiazole rings is 2. The number of hydrogen-bond acceptors (Lipinski definition) is 5. The second-order valence-corrected chi connectivity index (χ2v) is 5.18. The quantitative estimate of drug-likeness (QED) is 0.632. The molecule has 0 unspecified atom stereocenters. The summed E-state index contributed by atoms with van der Waals surface area (Å²) in [5.41, 5.74) is 6.74. The third kappa shape index (κ3) is 2.39. The molecular formula is C12H8N4S2. The Morgan fingerprint density at radius 3 is 3.22 bits per heavy atom. The van der Waals surface area contributed by atoms with Crippen LogP contribution in [-0.2, 0) is 6.54 Å². The topological polar surface area (TPSA) is 52.8 Å². The Morgan fingerprint density at radius 2 is 2.33 bits per heavy atom. The zero-order chi connectivity index (χ0) is 12.2. The second kappa shape index (κ2) is 5.24. The summed E-state index contributed by atoms with van der Waals surface area (Å²) in [6.07, 6.45) is 7.36. The van der Waals surface area contributed by atoms with Crippen molar-refractivity contribution in [2.24, 2.45) is 0 Å². The smallest absolute Gasteiger partial charge is 0.153 e. The Morgan fingerprint density at radius 1 is 1.33 bits per heavy atom. The van der Waals surface area contributed by atoms with Crippen LogP contribution in [0.4, 0.5) is 0 Å². The van der Waals surface area contributed by atoms with Crippen molar-refractivity contribution >= 4 is 39.0 Å². The molecule has 4 nitrogen and oxygen atoms in total. The third-order valence-corrected chi connectivity index (χ3v) is 3.88. The highest BCUT2D eigenvalue weighted by Gasteiger charge is 2.05. The average Bonchev–Trinajstić information content (AvgIpc) is 3.08. The molecule has 0 N–H and O–H groups in total. The van der Waals surface area contributed by atoms with Gasteiger partial charge in [0.2, 0.25) is 0 Å². The molecule has 0 aliphatic carbocycles. The first kappa shape index (κ1) is 11.3. The first-order valence-electron chi connectivity index (χ1n) is 5.25. The molecule has 1 aliphatic heterocycles. The van der Waals surface area contributed by atoms with E-state index >= 15 is 0 Å². The molecule has 4 heterocycles. The van der Waals surface area contributed by atoms with Crippen LogP contribution in [0.1, 0.15) is 10.6 Å². The lowest BCUT2D eigenvalue weighted by Gasteiger charge is -2.00. The summed E-state index contributed by atoms with van der Waals surface area (Å²) in [4.78, 5) is 13.3. The first-order valence-corrected chi connectivity index (χ1v) is 6.95. The molecule has 4 rings (SSSR count). The highest BCUT2D eigenvalue weighted by Crippen LogP contribution is 2.17. The van der Waals surface area contributed by atoms with Crippen molar-refractivity contribution in [1.29, 1.82) is 0 Å². The number of fused-ring (bicyclic) bond motifs is 2. The van der Waals surface area contributed by atoms with Gasteiger partial charge >= 0.3 is 0 Å². The molecular weight excluding hydrogens is 264 g/mol. The van der Waals surface area contributed by atoms with Gasteiger partial charge in [0, 0.05) is 18.6 Å². The van der Waals surface area contributed by atoms with Crippen LogP contribution in [-0.4, -0.2) is 15.0 Å². The van der Waals surface area contributed by atoms with Crippen LogP contribution in [0.5, 0.6) is 0 Å². The fraction of sp³-hybridized carbons (Fsp3) is 0.0833. The van der Waals surface area contributed by atoms with Crippen molar-refractivity contribution < 1.29 is 0 Å². The van der Waals surface area contributed by atoms with E-state index < -0.39 is 0 Å². The van der Waals surface area contributed by atoms with Crippen LogP contribution in [0.15, 0.2) is 30.2 Å². The van der Waals surface area contributed by atoms with E-state index in [1.54, 1.807) is 23.7 Å². The fourth-order valence-corrected chi connectivity index (χ4v) is 2.72. The van der Waals surface area contributed by atoms with Gasteiger partial charge in [0.05, 0.1) is 32.8 Å². The molecule has 0 bridgehead atoms. The zero-order valence-corrected chi connectivity index (χ0v) is 10.9. The molecule has 0 aromatic carbocycles. The fourth-order valence-electron chi connectivity index (χ4n) is 1.46. The van der Waals surface area contributed by atoms with E-state index in [1.165, 1.54) is 16.2 Å². The molecule has 3 aromatic rings. The van der Waals surface area contributed by atoms with Crippen molar-refractivity contribution in [2.75, 3.05) is 0 Å². The largest absolute Gasteiger partial charge is 0.287 e. The summed E-state index contributed by atoms with van der Waals surface area (Å²) in [5, 5.41) is 4.05. The standard InChI is InChI=1S/C6H5N2S.C6H3N2S/c1-2-7-3-5-6(1)9-4-8-5;1-2-7-3-6-5(1)8-4-9-6/h1-2,4H,3H2;1-3H. The van der Waals surface area contributed by atoms with E-state index in [0.29, 0.717) is 0 Å². The zero-order valence-electron chi connectivity index (χ0n) is 9.28. The minimum absolute atomic E-state index is 0.759. The van der Waals surface area contributed by atoms with Gasteiger partial charge in [-0.3, -0.25) is 10.3 Å². The Bertz CT molecular complexity index is 641. The summed E-state index contributed by atoms with van der Waals surface area (Å²) < 4.78 is 1.09. The number of nitrogens with zero attached hydrogens (tertiary/aromatic N) is 4. The average molecular weight is 272 g/mol. The highest BCUT2D eigenvalue weighted by molar-refractivity contribution is 7.16. The van der Waals surface area contributed by atoms with Crippen LogP contribution in [0.3, 0.4) is 0 Å². The molecule has 3 aromatic heterocycles. The maximum atomic E-state index is 4.13. The van der Waals surface area contributed by atoms with Crippen molar-refractivity contribution in [3.05, 3.63) is 46.3 Å². The van der Waals surface area contributed by atoms with E-state index in [9.17, 15) is 0 Å². The van der Waals surface area contributed by atoms with Crippen LogP contribution in [0.2, 0.25) is 0 Å². The van der Waals surface area contributed by atoms with E-state index in [1.807, 2.05) is 23.9 Å². The Balaban J connectivity index is 0.000000111. The summed E-state index contributed by atoms with van der Waals surface area (Å²) in [6.45, 7) is 0.759. The van der Waals surface area contributed by atoms with Gasteiger partial charge in [-0.2, -0.15) is 0 Å². The number of aromatic nitrogens is 3. The molecule has 2 radical (unpaired) electrons. The molecule has 6 heteroatoms. The maximum absolute atomic E-state index is 4.13. The highest BCUT2D eigenvalue weighted by atomic mass is 32.1. The number of pyridine rings is 1. The van der Waals surface area contributed by atoms with Gasteiger partial charge in [0.25, 0.3) is 0 Å². The predicted octanol–water partition coefficient (Wildman–Crippen LogP) is 2.72. The van der Waals surface area contributed by atoms with Crippen LogP contribution < -0.4 is 5.32 Å². The molecule has 0 fully saturated rings. The second-order valence-electron chi connectivity index (χ2n) is 3.47. The summed E-state index contributed by atoms with van der Waals surface area (Å²) in [5.74, 6) is 0. The SMILES string of the molecule is C1=Cc2scnc2C[N]1.[c]1nc2ccncc2s1. The Labute approximate surface area is 112 Å². The lowest BCUT2D eigenvalue weighted by molar-refractivity contribution is 0.819. The third-order valence-electron chi connectivity index (χ3n) is 2.33. The van der Waals surface area contributed by atoms with Crippen molar-refractivity contribution in [3.8, 4) is 0 Å². The van der Waals surface area contributed by atoms with Crippen molar-refractivity contribution in [1.82, 2.24) is 20.3 Å². The first-order chi connectivity index (χ1) is 8.93. The lowest BCUT2D eigenvalue weighted by atomic mass is 10.3. The minimum atomic E-state index is 0.759. The van der Waals surface area contributed by atoms with Gasteiger partial charge in [-0.1, -0.05) is 0 Å². The van der Waals surface area contributed by atoms with E-state index in [0.717, 1.165) is 22.5 Å². The molecule has 0 saturated heterocycles. The number of hydrogen-bond donors (Lipinski definition) is 0. The Hall–Kier alpha value is -1.79. The summed E-state index contributed by atoms with van der Waals surface area (Å²) >= 11 is 3.16. The van der Waals surface area contributed by atoms with Gasteiger partial charge in [-0.05, 0) is 12.1 Å². The van der Waals surface area contributed by atoms with Gasteiger partial charge in [-0.25, -0.2) is 9.97 Å². The molecule has 0 spiro atoms. The molecule has 18 heavy (non-hydrogen) atoms. The van der Waals surface area contributed by atoms with E-state index in [-0.39, 0.29) is 0 Å². The van der Waals surface area contributed by atoms with E-state index in [2.05, 4.69) is 25.8 Å². The summed E-state index contributed by atoms with van der Waals surface area (Å²) in [6, 6.07) is 1.88. The number of rotatable bonds is 0. The van der Waals surface area contributed by atoms with Gasteiger partial charge < -0.3 is 0 Å². The normalized spacial score (nSPS) is 12.4.